The normalized spacial score (nSPS) is 16.8. The van der Waals surface area contributed by atoms with Crippen LogP contribution in [-0.2, 0) is 28.6 Å². The van der Waals surface area contributed by atoms with Crippen molar-refractivity contribution in [3.8, 4) is 0 Å². The number of hydrogen-bond acceptors (Lipinski definition) is 7. The fourth-order valence-electron chi connectivity index (χ4n) is 3.42. The summed E-state index contributed by atoms with van der Waals surface area (Å²) in [6, 6.07) is 5.45. The fourth-order valence-corrected chi connectivity index (χ4v) is 3.55. The number of halogens is 1. The van der Waals surface area contributed by atoms with Gasteiger partial charge in [0.25, 0.3) is 5.91 Å². The van der Waals surface area contributed by atoms with Crippen LogP contribution >= 0.6 is 11.6 Å². The average Bonchev–Trinajstić information content (AvgIpc) is 3.07. The van der Waals surface area contributed by atoms with Crippen molar-refractivity contribution < 1.29 is 33.4 Å². The number of carbonyl (C=O) groups excluding carboxylic acids is 4. The predicted molar refractivity (Wildman–Crippen MR) is 117 cm³/mol. The summed E-state index contributed by atoms with van der Waals surface area (Å²) in [4.78, 5) is 52.2. The molecule has 0 saturated carbocycles. The van der Waals surface area contributed by atoms with Gasteiger partial charge in [0.15, 0.2) is 5.92 Å². The first kappa shape index (κ1) is 25.4. The number of nitrogens with zero attached hydrogens (tertiary/aromatic N) is 1. The average molecular weight is 466 g/mol. The molecule has 0 saturated heterocycles. The van der Waals surface area contributed by atoms with Crippen LogP contribution in [-0.4, -0.2) is 53.7 Å². The van der Waals surface area contributed by atoms with Crippen molar-refractivity contribution in [3.05, 3.63) is 47.0 Å². The van der Waals surface area contributed by atoms with Crippen molar-refractivity contribution in [1.82, 2.24) is 4.90 Å². The molecule has 1 aromatic carbocycles. The van der Waals surface area contributed by atoms with Crippen LogP contribution in [0.1, 0.15) is 46.1 Å². The number of rotatable bonds is 7. The van der Waals surface area contributed by atoms with Crippen molar-refractivity contribution in [2.45, 2.75) is 52.2 Å². The molecule has 2 atom stereocenters. The lowest BCUT2D eigenvalue weighted by Crippen LogP contribution is -2.49. The Morgan fingerprint density at radius 1 is 1.03 bits per heavy atom. The monoisotopic (exact) mass is 465 g/mol. The molecule has 0 aliphatic carbocycles. The Morgan fingerprint density at radius 2 is 1.56 bits per heavy atom. The summed E-state index contributed by atoms with van der Waals surface area (Å²) in [6.45, 7) is 8.32. The Hall–Kier alpha value is -2.87. The molecule has 2 rings (SSSR count). The Kier molecular flexibility index (Phi) is 8.44. The SMILES string of the molecule is CCOC(=O)C(C(=O)OCC)[C@@H](c1ccc(Cl)cc1)[C@@H]1C=CC(=O)N1C(=O)OC(C)(C)C. The van der Waals surface area contributed by atoms with E-state index >= 15 is 0 Å². The third kappa shape index (κ3) is 6.09. The highest BCUT2D eigenvalue weighted by Gasteiger charge is 2.48. The third-order valence-corrected chi connectivity index (χ3v) is 4.88. The van der Waals surface area contributed by atoms with Crippen molar-refractivity contribution in [2.75, 3.05) is 13.2 Å². The van der Waals surface area contributed by atoms with Gasteiger partial charge in [0.05, 0.1) is 19.3 Å². The molecule has 0 fully saturated rings. The first-order chi connectivity index (χ1) is 15.0. The van der Waals surface area contributed by atoms with Gasteiger partial charge in [-0.3, -0.25) is 14.4 Å². The zero-order valence-electron chi connectivity index (χ0n) is 18.8. The van der Waals surface area contributed by atoms with Crippen LogP contribution in [0, 0.1) is 5.92 Å². The number of hydrogen-bond donors (Lipinski definition) is 0. The summed E-state index contributed by atoms with van der Waals surface area (Å²) in [6.07, 6.45) is 1.80. The van der Waals surface area contributed by atoms with E-state index in [0.29, 0.717) is 10.6 Å². The second-order valence-electron chi connectivity index (χ2n) is 8.10. The van der Waals surface area contributed by atoms with E-state index in [4.69, 9.17) is 25.8 Å². The van der Waals surface area contributed by atoms with Crippen LogP contribution in [0.2, 0.25) is 5.02 Å². The van der Waals surface area contributed by atoms with E-state index in [1.165, 1.54) is 12.2 Å². The molecule has 0 bridgehead atoms. The maximum atomic E-state index is 12.9. The molecule has 0 unspecified atom stereocenters. The van der Waals surface area contributed by atoms with E-state index in [2.05, 4.69) is 0 Å². The summed E-state index contributed by atoms with van der Waals surface area (Å²) in [5.74, 6) is -4.66. The maximum Gasteiger partial charge on any atom is 0.417 e. The minimum Gasteiger partial charge on any atom is -0.465 e. The topological polar surface area (TPSA) is 99.2 Å². The Morgan fingerprint density at radius 3 is 2.03 bits per heavy atom. The van der Waals surface area contributed by atoms with Crippen LogP contribution < -0.4 is 0 Å². The zero-order chi connectivity index (χ0) is 24.1. The smallest absolute Gasteiger partial charge is 0.417 e. The second-order valence-corrected chi connectivity index (χ2v) is 8.53. The van der Waals surface area contributed by atoms with Crippen LogP contribution in [0.4, 0.5) is 4.79 Å². The molecule has 0 aromatic heterocycles. The molecule has 32 heavy (non-hydrogen) atoms. The molecule has 0 N–H and O–H groups in total. The Bertz CT molecular complexity index is 871. The zero-order valence-corrected chi connectivity index (χ0v) is 19.5. The van der Waals surface area contributed by atoms with Gasteiger partial charge in [-0.2, -0.15) is 0 Å². The summed E-state index contributed by atoms with van der Waals surface area (Å²) in [5, 5.41) is 0.443. The Balaban J connectivity index is 2.61. The van der Waals surface area contributed by atoms with Crippen LogP contribution in [0.15, 0.2) is 36.4 Å². The number of imide groups is 1. The molecular formula is C23H28ClNO7. The number of esters is 2. The summed E-state index contributed by atoms with van der Waals surface area (Å²) >= 11 is 6.02. The van der Waals surface area contributed by atoms with Crippen molar-refractivity contribution in [2.24, 2.45) is 5.92 Å². The number of carbonyl (C=O) groups is 4. The van der Waals surface area contributed by atoms with E-state index in [-0.39, 0.29) is 13.2 Å². The van der Waals surface area contributed by atoms with Gasteiger partial charge in [0, 0.05) is 17.0 Å². The van der Waals surface area contributed by atoms with E-state index in [1.54, 1.807) is 58.9 Å². The standard InChI is InChI=1S/C23H28ClNO7/c1-6-30-20(27)19(21(28)31-7-2)18(14-8-10-15(24)11-9-14)16-12-13-17(26)25(16)22(29)32-23(3,4)5/h8-13,16,18-19H,6-7H2,1-5H3/t16-,18-/m0/s1. The number of benzene rings is 1. The molecule has 0 spiro atoms. The molecule has 1 aromatic rings. The van der Waals surface area contributed by atoms with E-state index in [9.17, 15) is 19.2 Å². The van der Waals surface area contributed by atoms with Crippen LogP contribution in [0.3, 0.4) is 0 Å². The molecule has 1 aliphatic rings. The van der Waals surface area contributed by atoms with E-state index < -0.39 is 47.4 Å². The molecule has 1 aliphatic heterocycles. The van der Waals surface area contributed by atoms with Gasteiger partial charge in [-0.1, -0.05) is 29.8 Å². The molecular weight excluding hydrogens is 438 g/mol. The highest BCUT2D eigenvalue weighted by molar-refractivity contribution is 6.30. The minimum atomic E-state index is -1.43. The Labute approximate surface area is 192 Å². The van der Waals surface area contributed by atoms with E-state index in [0.717, 1.165) is 4.90 Å². The van der Waals surface area contributed by atoms with Crippen molar-refractivity contribution in [3.63, 3.8) is 0 Å². The third-order valence-electron chi connectivity index (χ3n) is 4.62. The summed E-state index contributed by atoms with van der Waals surface area (Å²) < 4.78 is 15.7. The summed E-state index contributed by atoms with van der Waals surface area (Å²) in [5.41, 5.74) is -0.361. The van der Waals surface area contributed by atoms with Crippen LogP contribution in [0.5, 0.6) is 0 Å². The lowest BCUT2D eigenvalue weighted by molar-refractivity contribution is -0.164. The van der Waals surface area contributed by atoms with Crippen molar-refractivity contribution in [1.29, 1.82) is 0 Å². The molecule has 0 radical (unpaired) electrons. The van der Waals surface area contributed by atoms with Gasteiger partial charge in [-0.25, -0.2) is 9.69 Å². The lowest BCUT2D eigenvalue weighted by atomic mass is 9.80. The number of amides is 2. The van der Waals surface area contributed by atoms with E-state index in [1.807, 2.05) is 0 Å². The van der Waals surface area contributed by atoms with Gasteiger partial charge in [0.2, 0.25) is 0 Å². The summed E-state index contributed by atoms with van der Waals surface area (Å²) in [7, 11) is 0. The predicted octanol–water partition coefficient (Wildman–Crippen LogP) is 3.87. The van der Waals surface area contributed by atoms with Gasteiger partial charge in [0.1, 0.15) is 5.60 Å². The first-order valence-electron chi connectivity index (χ1n) is 10.3. The second kappa shape index (κ2) is 10.6. The lowest BCUT2D eigenvalue weighted by Gasteiger charge is -2.34. The fraction of sp³-hybridized carbons (Fsp3) is 0.478. The van der Waals surface area contributed by atoms with Crippen LogP contribution in [0.25, 0.3) is 0 Å². The van der Waals surface area contributed by atoms with Crippen molar-refractivity contribution >= 4 is 35.5 Å². The van der Waals surface area contributed by atoms with Gasteiger partial charge < -0.3 is 14.2 Å². The largest absolute Gasteiger partial charge is 0.465 e. The molecule has 2 amide bonds. The molecule has 9 heteroatoms. The quantitative estimate of drug-likeness (QED) is 0.342. The minimum absolute atomic E-state index is 0.0390. The van der Waals surface area contributed by atoms with Gasteiger partial charge >= 0.3 is 18.0 Å². The van der Waals surface area contributed by atoms with Gasteiger partial charge in [-0.15, -0.1) is 0 Å². The highest BCUT2D eigenvalue weighted by Crippen LogP contribution is 2.37. The highest BCUT2D eigenvalue weighted by atomic mass is 35.5. The molecule has 1 heterocycles. The first-order valence-corrected chi connectivity index (χ1v) is 10.7. The number of ether oxygens (including phenoxy) is 3. The molecule has 174 valence electrons. The maximum absolute atomic E-state index is 12.9. The van der Waals surface area contributed by atoms with Gasteiger partial charge in [-0.05, 0) is 52.3 Å². The molecule has 8 nitrogen and oxygen atoms in total.